The molecule has 5 nitrogen and oxygen atoms in total. The summed E-state index contributed by atoms with van der Waals surface area (Å²) in [6.45, 7) is 4.47. The third-order valence-electron chi connectivity index (χ3n) is 5.10. The van der Waals surface area contributed by atoms with Gasteiger partial charge in [0.1, 0.15) is 5.69 Å². The summed E-state index contributed by atoms with van der Waals surface area (Å²) in [5, 5.41) is 4.20. The lowest BCUT2D eigenvalue weighted by Gasteiger charge is -2.49. The van der Waals surface area contributed by atoms with E-state index < -0.39 is 0 Å². The van der Waals surface area contributed by atoms with Gasteiger partial charge < -0.3 is 9.73 Å². The van der Waals surface area contributed by atoms with Crippen LogP contribution in [-0.4, -0.2) is 41.0 Å². The number of carbonyl (C=O) groups excluding carboxylic acids is 1. The van der Waals surface area contributed by atoms with E-state index in [-0.39, 0.29) is 17.1 Å². The van der Waals surface area contributed by atoms with Crippen molar-refractivity contribution < 1.29 is 9.21 Å². The van der Waals surface area contributed by atoms with E-state index in [0.29, 0.717) is 23.2 Å². The zero-order valence-electron chi connectivity index (χ0n) is 12.4. The molecular weight excluding hydrogens is 302 g/mol. The summed E-state index contributed by atoms with van der Waals surface area (Å²) in [6, 6.07) is 4.09. The fraction of sp³-hybridized carbons (Fsp3) is 0.500. The fourth-order valence-electron chi connectivity index (χ4n) is 3.82. The molecule has 3 saturated heterocycles. The fourth-order valence-corrected chi connectivity index (χ4v) is 4.07. The highest BCUT2D eigenvalue weighted by Gasteiger charge is 2.40. The number of hydrogen-bond acceptors (Lipinski definition) is 4. The number of nitrogens with one attached hydrogen (secondary N) is 1. The number of halogens is 1. The van der Waals surface area contributed by atoms with Crippen LogP contribution in [0.1, 0.15) is 30.3 Å². The minimum absolute atomic E-state index is 0.157. The number of nitrogens with zero attached hydrogens (tertiary/aromatic N) is 2. The van der Waals surface area contributed by atoms with Crippen LogP contribution in [0.3, 0.4) is 0 Å². The molecule has 3 fully saturated rings. The summed E-state index contributed by atoms with van der Waals surface area (Å²) >= 11 is 6.09. The number of amides is 1. The third kappa shape index (κ3) is 2.20. The van der Waals surface area contributed by atoms with Crippen LogP contribution in [0.4, 0.5) is 0 Å². The van der Waals surface area contributed by atoms with E-state index in [4.69, 9.17) is 16.0 Å². The minimum atomic E-state index is -0.157. The molecule has 6 heteroatoms. The van der Waals surface area contributed by atoms with Crippen LogP contribution in [0.2, 0.25) is 5.15 Å². The highest BCUT2D eigenvalue weighted by Crippen LogP contribution is 2.32. The number of pyridine rings is 1. The molecule has 2 aromatic heterocycles. The molecule has 3 aliphatic rings. The molecule has 116 valence electrons. The Hall–Kier alpha value is -1.59. The summed E-state index contributed by atoms with van der Waals surface area (Å²) < 4.78 is 5.26. The van der Waals surface area contributed by atoms with Crippen molar-refractivity contribution >= 4 is 28.5 Å². The van der Waals surface area contributed by atoms with Gasteiger partial charge in [-0.05, 0) is 50.9 Å². The maximum Gasteiger partial charge on any atom is 0.270 e. The van der Waals surface area contributed by atoms with Crippen molar-refractivity contribution in [3.63, 3.8) is 0 Å². The second-order valence-electron chi connectivity index (χ2n) is 6.25. The molecule has 2 bridgehead atoms. The number of furan rings is 1. The molecule has 0 unspecified atom stereocenters. The number of piperidine rings is 3. The van der Waals surface area contributed by atoms with Crippen molar-refractivity contribution in [2.45, 2.75) is 31.8 Å². The molecule has 22 heavy (non-hydrogen) atoms. The van der Waals surface area contributed by atoms with Crippen LogP contribution >= 0.6 is 11.6 Å². The molecule has 0 saturated carbocycles. The van der Waals surface area contributed by atoms with E-state index in [9.17, 15) is 4.79 Å². The maximum atomic E-state index is 12.6. The average molecular weight is 320 g/mol. The molecule has 2 atom stereocenters. The standard InChI is InChI=1S/C16H18ClN3O2/c1-9-13(10-2-5-20(9)6-3-10)19-16(21)12-8-11-4-7-22-14(11)15(17)18-12/h4,7-10,13H,2-3,5-6H2,1H3,(H,19,21)/t9-,13-/m0/s1. The van der Waals surface area contributed by atoms with Gasteiger partial charge in [-0.25, -0.2) is 4.98 Å². The lowest BCUT2D eigenvalue weighted by Crippen LogP contribution is -2.62. The Labute approximate surface area is 133 Å². The Morgan fingerprint density at radius 3 is 2.95 bits per heavy atom. The Bertz CT molecular complexity index is 719. The van der Waals surface area contributed by atoms with E-state index in [1.165, 1.54) is 0 Å². The molecule has 1 amide bonds. The summed E-state index contributed by atoms with van der Waals surface area (Å²) in [6.07, 6.45) is 3.86. The molecular formula is C16H18ClN3O2. The molecule has 0 radical (unpaired) electrons. The largest absolute Gasteiger partial charge is 0.461 e. The lowest BCUT2D eigenvalue weighted by molar-refractivity contribution is 0.0216. The lowest BCUT2D eigenvalue weighted by atomic mass is 9.79. The van der Waals surface area contributed by atoms with Crippen molar-refractivity contribution in [3.05, 3.63) is 29.2 Å². The van der Waals surface area contributed by atoms with E-state index in [2.05, 4.69) is 22.1 Å². The van der Waals surface area contributed by atoms with Crippen molar-refractivity contribution in [1.29, 1.82) is 0 Å². The molecule has 1 N–H and O–H groups in total. The predicted octanol–water partition coefficient (Wildman–Crippen LogP) is 2.69. The van der Waals surface area contributed by atoms with Crippen LogP contribution in [0, 0.1) is 5.92 Å². The zero-order chi connectivity index (χ0) is 15.3. The zero-order valence-corrected chi connectivity index (χ0v) is 13.1. The maximum absolute atomic E-state index is 12.6. The van der Waals surface area contributed by atoms with Gasteiger partial charge in [-0.3, -0.25) is 9.69 Å². The summed E-state index contributed by atoms with van der Waals surface area (Å²) in [5.74, 6) is 0.410. The first-order valence-corrected chi connectivity index (χ1v) is 8.10. The SMILES string of the molecule is C[C@H]1[C@H](NC(=O)c2cc3ccoc3c(Cl)n2)C2CCN1CC2. The normalized spacial score (nSPS) is 30.6. The first-order chi connectivity index (χ1) is 10.6. The Morgan fingerprint density at radius 2 is 2.23 bits per heavy atom. The van der Waals surface area contributed by atoms with Gasteiger partial charge in [-0.2, -0.15) is 0 Å². The van der Waals surface area contributed by atoms with Gasteiger partial charge in [0.25, 0.3) is 5.91 Å². The van der Waals surface area contributed by atoms with Crippen LogP contribution in [-0.2, 0) is 0 Å². The van der Waals surface area contributed by atoms with Gasteiger partial charge >= 0.3 is 0 Å². The summed E-state index contributed by atoms with van der Waals surface area (Å²) in [4.78, 5) is 19.2. The van der Waals surface area contributed by atoms with Crippen LogP contribution in [0.25, 0.3) is 11.0 Å². The second-order valence-corrected chi connectivity index (χ2v) is 6.61. The van der Waals surface area contributed by atoms with E-state index >= 15 is 0 Å². The van der Waals surface area contributed by atoms with Crippen molar-refractivity contribution in [2.24, 2.45) is 5.92 Å². The number of aromatic nitrogens is 1. The first kappa shape index (κ1) is 14.0. The number of fused-ring (bicyclic) bond motifs is 4. The van der Waals surface area contributed by atoms with Gasteiger partial charge in [0.05, 0.1) is 6.26 Å². The third-order valence-corrected chi connectivity index (χ3v) is 5.36. The Balaban J connectivity index is 1.58. The molecule has 2 aromatic rings. The van der Waals surface area contributed by atoms with Gasteiger partial charge in [0, 0.05) is 17.5 Å². The van der Waals surface area contributed by atoms with Gasteiger partial charge in [-0.1, -0.05) is 11.6 Å². The quantitative estimate of drug-likeness (QED) is 0.865. The number of rotatable bonds is 2. The second kappa shape index (κ2) is 5.25. The van der Waals surface area contributed by atoms with Crippen LogP contribution < -0.4 is 5.32 Å². The number of hydrogen-bond donors (Lipinski definition) is 1. The monoisotopic (exact) mass is 319 g/mol. The minimum Gasteiger partial charge on any atom is -0.461 e. The molecule has 0 aliphatic carbocycles. The van der Waals surface area contributed by atoms with Crippen molar-refractivity contribution in [1.82, 2.24) is 15.2 Å². The molecule has 5 rings (SSSR count). The smallest absolute Gasteiger partial charge is 0.270 e. The Morgan fingerprint density at radius 1 is 1.45 bits per heavy atom. The van der Waals surface area contributed by atoms with E-state index in [1.807, 2.05) is 0 Å². The topological polar surface area (TPSA) is 58.4 Å². The molecule has 5 heterocycles. The van der Waals surface area contributed by atoms with E-state index in [1.54, 1.807) is 18.4 Å². The van der Waals surface area contributed by atoms with Crippen LogP contribution in [0.15, 0.2) is 22.8 Å². The van der Waals surface area contributed by atoms with E-state index in [0.717, 1.165) is 31.3 Å². The summed E-state index contributed by atoms with van der Waals surface area (Å²) in [7, 11) is 0. The summed E-state index contributed by atoms with van der Waals surface area (Å²) in [5.41, 5.74) is 0.872. The van der Waals surface area contributed by atoms with Crippen molar-refractivity contribution in [3.8, 4) is 0 Å². The first-order valence-electron chi connectivity index (χ1n) is 7.72. The average Bonchev–Trinajstić information content (AvgIpc) is 3.00. The highest BCUT2D eigenvalue weighted by molar-refractivity contribution is 6.33. The van der Waals surface area contributed by atoms with Crippen LogP contribution in [0.5, 0.6) is 0 Å². The molecule has 0 aromatic carbocycles. The van der Waals surface area contributed by atoms with Gasteiger partial charge in [0.2, 0.25) is 0 Å². The highest BCUT2D eigenvalue weighted by atomic mass is 35.5. The molecule has 0 spiro atoms. The van der Waals surface area contributed by atoms with Gasteiger partial charge in [0.15, 0.2) is 10.7 Å². The predicted molar refractivity (Wildman–Crippen MR) is 84.0 cm³/mol. The van der Waals surface area contributed by atoms with Crippen molar-refractivity contribution in [2.75, 3.05) is 13.1 Å². The Kier molecular flexibility index (Phi) is 3.35. The number of carbonyl (C=O) groups is 1. The van der Waals surface area contributed by atoms with Gasteiger partial charge in [-0.15, -0.1) is 0 Å². The molecule has 3 aliphatic heterocycles.